The molecule has 2 aromatic carbocycles. The van der Waals surface area contributed by atoms with E-state index in [1.807, 2.05) is 19.1 Å². The number of rotatable bonds is 8. The Hall–Kier alpha value is -2.08. The molecule has 5 heteroatoms. The van der Waals surface area contributed by atoms with Gasteiger partial charge in [0.2, 0.25) is 0 Å². The van der Waals surface area contributed by atoms with Gasteiger partial charge in [0.1, 0.15) is 0 Å². The smallest absolute Gasteiger partial charge is 0.161 e. The van der Waals surface area contributed by atoms with Crippen molar-refractivity contribution in [2.75, 3.05) is 32.8 Å². The summed E-state index contributed by atoms with van der Waals surface area (Å²) < 4.78 is 5.51. The molecule has 0 aliphatic carbocycles. The number of hydrogen-bond acceptors (Lipinski definition) is 5. The summed E-state index contributed by atoms with van der Waals surface area (Å²) in [5, 5.41) is 19.5. The van der Waals surface area contributed by atoms with Crippen molar-refractivity contribution in [2.45, 2.75) is 39.4 Å². The van der Waals surface area contributed by atoms with Crippen molar-refractivity contribution >= 4 is 0 Å². The third-order valence-electron chi connectivity index (χ3n) is 5.39. The fourth-order valence-corrected chi connectivity index (χ4v) is 3.85. The summed E-state index contributed by atoms with van der Waals surface area (Å²) >= 11 is 0. The maximum atomic E-state index is 9.90. The Labute approximate surface area is 168 Å². The van der Waals surface area contributed by atoms with Gasteiger partial charge in [0.15, 0.2) is 11.5 Å². The van der Waals surface area contributed by atoms with Crippen LogP contribution in [0.3, 0.4) is 0 Å². The lowest BCUT2D eigenvalue weighted by Gasteiger charge is -2.41. The summed E-state index contributed by atoms with van der Waals surface area (Å²) in [7, 11) is 0. The van der Waals surface area contributed by atoms with E-state index in [1.165, 1.54) is 11.1 Å². The molecule has 1 saturated heterocycles. The highest BCUT2D eigenvalue weighted by molar-refractivity contribution is 5.41. The van der Waals surface area contributed by atoms with E-state index in [-0.39, 0.29) is 12.4 Å². The van der Waals surface area contributed by atoms with E-state index >= 15 is 0 Å². The van der Waals surface area contributed by atoms with Crippen molar-refractivity contribution in [3.63, 3.8) is 0 Å². The molecule has 0 unspecified atom stereocenters. The van der Waals surface area contributed by atoms with Crippen LogP contribution in [0.25, 0.3) is 0 Å². The molecular formula is C23H32N2O3. The second kappa shape index (κ2) is 9.92. The van der Waals surface area contributed by atoms with Crippen LogP contribution in [0.2, 0.25) is 0 Å². The van der Waals surface area contributed by atoms with Gasteiger partial charge < -0.3 is 14.9 Å². The molecule has 28 heavy (non-hydrogen) atoms. The average Bonchev–Trinajstić information content (AvgIpc) is 2.68. The van der Waals surface area contributed by atoms with Crippen molar-refractivity contribution in [3.05, 3.63) is 59.2 Å². The Morgan fingerprint density at radius 2 is 1.79 bits per heavy atom. The minimum absolute atomic E-state index is 0.187. The first-order valence-corrected chi connectivity index (χ1v) is 10.2. The van der Waals surface area contributed by atoms with E-state index in [4.69, 9.17) is 4.74 Å². The van der Waals surface area contributed by atoms with Crippen LogP contribution in [0.1, 0.15) is 30.0 Å². The molecular weight excluding hydrogens is 352 g/mol. The Morgan fingerprint density at radius 1 is 1.04 bits per heavy atom. The van der Waals surface area contributed by atoms with Gasteiger partial charge >= 0.3 is 0 Å². The zero-order valence-corrected chi connectivity index (χ0v) is 17.0. The van der Waals surface area contributed by atoms with Gasteiger partial charge in [0.05, 0.1) is 6.61 Å². The molecule has 0 saturated carbocycles. The number of aryl methyl sites for hydroxylation is 1. The van der Waals surface area contributed by atoms with E-state index < -0.39 is 0 Å². The lowest BCUT2D eigenvalue weighted by atomic mass is 10.1. The zero-order valence-electron chi connectivity index (χ0n) is 17.0. The summed E-state index contributed by atoms with van der Waals surface area (Å²) in [6, 6.07) is 14.6. The maximum Gasteiger partial charge on any atom is 0.161 e. The lowest BCUT2D eigenvalue weighted by molar-refractivity contribution is 0.0499. The predicted octanol–water partition coefficient (Wildman–Crippen LogP) is 3.17. The number of phenols is 1. The van der Waals surface area contributed by atoms with Gasteiger partial charge in [-0.25, -0.2) is 0 Å². The van der Waals surface area contributed by atoms with E-state index in [2.05, 4.69) is 41.0 Å². The summed E-state index contributed by atoms with van der Waals surface area (Å²) in [5.74, 6) is 0.733. The summed E-state index contributed by atoms with van der Waals surface area (Å²) in [6.45, 7) is 9.40. The molecule has 0 bridgehead atoms. The monoisotopic (exact) mass is 384 g/mol. The molecule has 1 aliphatic rings. The fourth-order valence-electron chi connectivity index (χ4n) is 3.85. The second-order valence-corrected chi connectivity index (χ2v) is 7.59. The first-order chi connectivity index (χ1) is 13.6. The van der Waals surface area contributed by atoms with Crippen molar-refractivity contribution in [2.24, 2.45) is 0 Å². The maximum absolute atomic E-state index is 9.90. The first-order valence-electron chi connectivity index (χ1n) is 10.2. The van der Waals surface area contributed by atoms with Crippen LogP contribution in [0.5, 0.6) is 11.5 Å². The van der Waals surface area contributed by atoms with Crippen LogP contribution in [-0.2, 0) is 13.1 Å². The molecule has 5 nitrogen and oxygen atoms in total. The number of aromatic hydroxyl groups is 1. The molecule has 0 radical (unpaired) electrons. The average molecular weight is 385 g/mol. The van der Waals surface area contributed by atoms with Gasteiger partial charge in [-0.2, -0.15) is 0 Å². The molecule has 1 atom stereocenters. The van der Waals surface area contributed by atoms with Crippen LogP contribution < -0.4 is 4.74 Å². The molecule has 3 rings (SSSR count). The Morgan fingerprint density at radius 3 is 2.50 bits per heavy atom. The predicted molar refractivity (Wildman–Crippen MR) is 112 cm³/mol. The molecule has 0 aromatic heterocycles. The minimum atomic E-state index is 0.187. The van der Waals surface area contributed by atoms with Crippen molar-refractivity contribution < 1.29 is 14.9 Å². The normalized spacial score (nSPS) is 18.3. The SMILES string of the molecule is CCOc1cc(CN2CCN(Cc3ccc(C)cc3)[C@@H](CCO)C2)ccc1O. The summed E-state index contributed by atoms with van der Waals surface area (Å²) in [5.41, 5.74) is 3.73. The summed E-state index contributed by atoms with van der Waals surface area (Å²) in [6.07, 6.45) is 0.780. The number of aliphatic hydroxyl groups excluding tert-OH is 1. The molecule has 152 valence electrons. The van der Waals surface area contributed by atoms with E-state index in [9.17, 15) is 10.2 Å². The van der Waals surface area contributed by atoms with Crippen molar-refractivity contribution in [1.82, 2.24) is 9.80 Å². The number of aliphatic hydroxyl groups is 1. The molecule has 1 fully saturated rings. The zero-order chi connectivity index (χ0) is 19.9. The quantitative estimate of drug-likeness (QED) is 0.732. The van der Waals surface area contributed by atoms with Gasteiger partial charge in [0.25, 0.3) is 0 Å². The molecule has 0 spiro atoms. The number of nitrogens with zero attached hydrogens (tertiary/aromatic N) is 2. The van der Waals surface area contributed by atoms with E-state index in [0.717, 1.165) is 44.7 Å². The van der Waals surface area contributed by atoms with Gasteiger partial charge in [0, 0.05) is 45.4 Å². The minimum Gasteiger partial charge on any atom is -0.504 e. The standard InChI is InChI=1S/C23H32N2O3/c1-3-28-23-14-20(8-9-22(23)27)15-24-11-12-25(21(17-24)10-13-26)16-19-6-4-18(2)5-7-19/h4-9,14,21,26-27H,3,10-13,15-17H2,1-2H3/t21-/m0/s1. The Kier molecular flexibility index (Phi) is 7.31. The molecule has 1 heterocycles. The number of benzene rings is 2. The number of hydrogen-bond donors (Lipinski definition) is 2. The van der Waals surface area contributed by atoms with Gasteiger partial charge in [-0.05, 0) is 43.5 Å². The Bertz CT molecular complexity index is 748. The van der Waals surface area contributed by atoms with Crippen LogP contribution in [0.15, 0.2) is 42.5 Å². The highest BCUT2D eigenvalue weighted by Gasteiger charge is 2.26. The second-order valence-electron chi connectivity index (χ2n) is 7.59. The molecule has 2 N–H and O–H groups in total. The topological polar surface area (TPSA) is 56.2 Å². The number of piperazine rings is 1. The van der Waals surface area contributed by atoms with E-state index in [1.54, 1.807) is 6.07 Å². The highest BCUT2D eigenvalue weighted by atomic mass is 16.5. The largest absolute Gasteiger partial charge is 0.504 e. The molecule has 1 aliphatic heterocycles. The lowest BCUT2D eigenvalue weighted by Crippen LogP contribution is -2.52. The van der Waals surface area contributed by atoms with Crippen molar-refractivity contribution in [3.8, 4) is 11.5 Å². The fraction of sp³-hybridized carbons (Fsp3) is 0.478. The third-order valence-corrected chi connectivity index (χ3v) is 5.39. The van der Waals surface area contributed by atoms with Crippen LogP contribution in [-0.4, -0.2) is 58.9 Å². The first kappa shape index (κ1) is 20.6. The number of ether oxygens (including phenoxy) is 1. The van der Waals surface area contributed by atoms with Crippen LogP contribution in [0, 0.1) is 6.92 Å². The highest BCUT2D eigenvalue weighted by Crippen LogP contribution is 2.28. The van der Waals surface area contributed by atoms with Gasteiger partial charge in [-0.15, -0.1) is 0 Å². The Balaban J connectivity index is 1.63. The third kappa shape index (κ3) is 5.47. The molecule has 0 amide bonds. The summed E-state index contributed by atoms with van der Waals surface area (Å²) in [4.78, 5) is 4.91. The van der Waals surface area contributed by atoms with E-state index in [0.29, 0.717) is 18.4 Å². The van der Waals surface area contributed by atoms with Crippen LogP contribution >= 0.6 is 0 Å². The molecule has 2 aromatic rings. The van der Waals surface area contributed by atoms with Gasteiger partial charge in [-0.3, -0.25) is 9.80 Å². The number of phenolic OH excluding ortho intramolecular Hbond substituents is 1. The van der Waals surface area contributed by atoms with Gasteiger partial charge in [-0.1, -0.05) is 35.9 Å². The van der Waals surface area contributed by atoms with Crippen LogP contribution in [0.4, 0.5) is 0 Å². The van der Waals surface area contributed by atoms with Crippen molar-refractivity contribution in [1.29, 1.82) is 0 Å².